The van der Waals surface area contributed by atoms with E-state index in [0.717, 1.165) is 24.3 Å². The Morgan fingerprint density at radius 3 is 1.78 bits per heavy atom. The quantitative estimate of drug-likeness (QED) is 0.343. The molecule has 0 aliphatic heterocycles. The third-order valence-corrected chi connectivity index (χ3v) is 9.14. The summed E-state index contributed by atoms with van der Waals surface area (Å²) in [5, 5.41) is 3.75. The minimum atomic E-state index is -0.0975. The zero-order valence-corrected chi connectivity index (χ0v) is 16.9. The van der Waals surface area contributed by atoms with Gasteiger partial charge in [-0.2, -0.15) is 0 Å². The third kappa shape index (κ3) is 5.73. The Balaban J connectivity index is 2.26. The van der Waals surface area contributed by atoms with Crippen molar-refractivity contribution >= 4 is 13.5 Å². The summed E-state index contributed by atoms with van der Waals surface area (Å²) in [6, 6.07) is 0. The molecule has 1 N–H and O–H groups in total. The molecule has 2 rings (SSSR count). The molecule has 0 aromatic heterocycles. The van der Waals surface area contributed by atoms with Crippen LogP contribution in [-0.2, 0) is 0 Å². The molecule has 2 nitrogen and oxygen atoms in total. The second-order valence-corrected chi connectivity index (χ2v) is 10.8. The molecule has 134 valence electrons. The standard InChI is InChI=1S/C20H39N2P/c1-5-20(3,4)22-19(21-6-2)23(17-13-9-7-10-14-17)18-15-11-8-12-16-18/h17-18H,5-16H2,1-4H3,(H,21,22). The molecule has 0 heterocycles. The summed E-state index contributed by atoms with van der Waals surface area (Å²) < 4.78 is 0. The highest BCUT2D eigenvalue weighted by Gasteiger charge is 2.35. The summed E-state index contributed by atoms with van der Waals surface area (Å²) in [6.07, 6.45) is 15.7. The number of hydrogen-bond donors (Lipinski definition) is 1. The summed E-state index contributed by atoms with van der Waals surface area (Å²) in [5.74, 6) is 0. The fourth-order valence-corrected chi connectivity index (χ4v) is 7.93. The molecule has 2 saturated carbocycles. The molecule has 0 amide bonds. The van der Waals surface area contributed by atoms with Gasteiger partial charge in [-0.15, -0.1) is 0 Å². The van der Waals surface area contributed by atoms with E-state index in [2.05, 4.69) is 33.0 Å². The van der Waals surface area contributed by atoms with Gasteiger partial charge in [0.2, 0.25) is 0 Å². The van der Waals surface area contributed by atoms with E-state index >= 15 is 0 Å². The lowest BCUT2D eigenvalue weighted by molar-refractivity contribution is 0.485. The Hall–Kier alpha value is -0.100. The van der Waals surface area contributed by atoms with Crippen LogP contribution < -0.4 is 5.32 Å². The molecule has 0 radical (unpaired) electrons. The average molecular weight is 339 g/mol. The van der Waals surface area contributed by atoms with Crippen molar-refractivity contribution in [1.82, 2.24) is 5.32 Å². The summed E-state index contributed by atoms with van der Waals surface area (Å²) in [4.78, 5) is 5.30. The second kappa shape index (κ2) is 9.40. The van der Waals surface area contributed by atoms with Crippen molar-refractivity contribution < 1.29 is 0 Å². The van der Waals surface area contributed by atoms with Gasteiger partial charge in [-0.1, -0.05) is 45.4 Å². The molecular weight excluding hydrogens is 299 g/mol. The Labute approximate surface area is 146 Å². The van der Waals surface area contributed by atoms with E-state index in [1.54, 1.807) is 0 Å². The maximum atomic E-state index is 5.30. The molecular formula is C20H39N2P. The minimum Gasteiger partial charge on any atom is -0.370 e. The van der Waals surface area contributed by atoms with Crippen LogP contribution in [0, 0.1) is 0 Å². The molecule has 2 aliphatic rings. The average Bonchev–Trinajstić information content (AvgIpc) is 2.57. The Bertz CT molecular complexity index is 348. The predicted molar refractivity (Wildman–Crippen MR) is 106 cm³/mol. The monoisotopic (exact) mass is 338 g/mol. The van der Waals surface area contributed by atoms with Crippen LogP contribution in [-0.4, -0.2) is 29.0 Å². The zero-order chi connectivity index (χ0) is 16.7. The molecule has 0 bridgehead atoms. The fraction of sp³-hybridized carbons (Fsp3) is 0.950. The largest absolute Gasteiger partial charge is 0.370 e. The van der Waals surface area contributed by atoms with Gasteiger partial charge in [0.1, 0.15) is 5.58 Å². The van der Waals surface area contributed by atoms with E-state index in [1.807, 2.05) is 0 Å². The smallest absolute Gasteiger partial charge is 0.120 e. The number of nitrogens with one attached hydrogen (secondary N) is 1. The van der Waals surface area contributed by atoms with Gasteiger partial charge in [-0.3, -0.25) is 4.99 Å². The first kappa shape index (κ1) is 19.2. The van der Waals surface area contributed by atoms with Gasteiger partial charge in [0.05, 0.1) is 5.54 Å². The van der Waals surface area contributed by atoms with Crippen molar-refractivity contribution in [2.45, 2.75) is 115 Å². The summed E-state index contributed by atoms with van der Waals surface area (Å²) in [5.41, 5.74) is 3.38. The summed E-state index contributed by atoms with van der Waals surface area (Å²) in [7, 11) is -0.0975. The normalized spacial score (nSPS) is 22.6. The molecule has 0 unspecified atom stereocenters. The zero-order valence-electron chi connectivity index (χ0n) is 16.0. The molecule has 0 aromatic rings. The van der Waals surface area contributed by atoms with E-state index in [1.165, 1.54) is 69.8 Å². The maximum absolute atomic E-state index is 5.30. The molecule has 0 saturated heterocycles. The van der Waals surface area contributed by atoms with E-state index < -0.39 is 0 Å². The number of aliphatic imine (C=N–C) groups is 1. The van der Waals surface area contributed by atoms with Crippen LogP contribution in [0.15, 0.2) is 4.99 Å². The number of nitrogens with zero attached hydrogens (tertiary/aromatic N) is 1. The lowest BCUT2D eigenvalue weighted by Gasteiger charge is -2.40. The van der Waals surface area contributed by atoms with Crippen LogP contribution in [0.25, 0.3) is 0 Å². The Kier molecular flexibility index (Phi) is 7.86. The van der Waals surface area contributed by atoms with Gasteiger partial charge in [0.15, 0.2) is 0 Å². The summed E-state index contributed by atoms with van der Waals surface area (Å²) in [6.45, 7) is 10.1. The van der Waals surface area contributed by atoms with Gasteiger partial charge >= 0.3 is 0 Å². The van der Waals surface area contributed by atoms with Crippen molar-refractivity contribution in [2.75, 3.05) is 6.54 Å². The lowest BCUT2D eigenvalue weighted by Crippen LogP contribution is -2.34. The highest BCUT2D eigenvalue weighted by Crippen LogP contribution is 2.56. The van der Waals surface area contributed by atoms with Crippen LogP contribution in [0.3, 0.4) is 0 Å². The molecule has 0 spiro atoms. The van der Waals surface area contributed by atoms with Crippen molar-refractivity contribution in [3.63, 3.8) is 0 Å². The van der Waals surface area contributed by atoms with Gasteiger partial charge in [0.25, 0.3) is 0 Å². The molecule has 0 aromatic carbocycles. The Morgan fingerprint density at radius 2 is 1.39 bits per heavy atom. The van der Waals surface area contributed by atoms with Crippen LogP contribution in [0.1, 0.15) is 98.3 Å². The SMILES string of the molecule is CCN/C(=N/C(C)(C)CC)P(C1CCCCC1)C1CCCCC1. The molecule has 23 heavy (non-hydrogen) atoms. The van der Waals surface area contributed by atoms with Crippen molar-refractivity contribution in [3.8, 4) is 0 Å². The Morgan fingerprint density at radius 1 is 0.913 bits per heavy atom. The topological polar surface area (TPSA) is 24.4 Å². The van der Waals surface area contributed by atoms with E-state index in [9.17, 15) is 0 Å². The first-order valence-corrected chi connectivity index (χ1v) is 11.7. The number of rotatable bonds is 6. The van der Waals surface area contributed by atoms with Gasteiger partial charge in [-0.05, 0) is 72.1 Å². The van der Waals surface area contributed by atoms with Crippen LogP contribution >= 0.6 is 7.92 Å². The molecule has 2 fully saturated rings. The summed E-state index contributed by atoms with van der Waals surface area (Å²) >= 11 is 0. The van der Waals surface area contributed by atoms with E-state index in [0.29, 0.717) is 0 Å². The van der Waals surface area contributed by atoms with Crippen molar-refractivity contribution in [3.05, 3.63) is 0 Å². The van der Waals surface area contributed by atoms with Crippen LogP contribution in [0.4, 0.5) is 0 Å². The lowest BCUT2D eigenvalue weighted by atomic mass is 9.99. The van der Waals surface area contributed by atoms with Crippen molar-refractivity contribution in [2.24, 2.45) is 4.99 Å². The van der Waals surface area contributed by atoms with Crippen LogP contribution in [0.5, 0.6) is 0 Å². The van der Waals surface area contributed by atoms with Gasteiger partial charge in [0, 0.05) is 6.54 Å². The van der Waals surface area contributed by atoms with E-state index in [4.69, 9.17) is 4.99 Å². The first-order valence-electron chi connectivity index (χ1n) is 10.2. The van der Waals surface area contributed by atoms with Gasteiger partial charge < -0.3 is 5.32 Å². The third-order valence-electron chi connectivity index (χ3n) is 5.79. The molecule has 0 atom stereocenters. The maximum Gasteiger partial charge on any atom is 0.120 e. The van der Waals surface area contributed by atoms with Gasteiger partial charge in [-0.25, -0.2) is 0 Å². The highest BCUT2D eigenvalue weighted by molar-refractivity contribution is 7.76. The van der Waals surface area contributed by atoms with E-state index in [-0.39, 0.29) is 13.5 Å². The minimum absolute atomic E-state index is 0.0847. The predicted octanol–water partition coefficient (Wildman–Crippen LogP) is 6.29. The second-order valence-electron chi connectivity index (χ2n) is 8.12. The van der Waals surface area contributed by atoms with Crippen LogP contribution in [0.2, 0.25) is 0 Å². The first-order chi connectivity index (χ1) is 11.1. The number of hydrogen-bond acceptors (Lipinski definition) is 1. The number of amidine groups is 1. The fourth-order valence-electron chi connectivity index (χ4n) is 4.07. The molecule has 3 heteroatoms. The molecule has 2 aliphatic carbocycles. The van der Waals surface area contributed by atoms with Crippen molar-refractivity contribution in [1.29, 1.82) is 0 Å². The highest BCUT2D eigenvalue weighted by atomic mass is 31.1.